The zero-order valence-electron chi connectivity index (χ0n) is 20.5. The van der Waals surface area contributed by atoms with E-state index in [-0.39, 0.29) is 12.8 Å². The Morgan fingerprint density at radius 3 is 2.14 bits per heavy atom. The third kappa shape index (κ3) is 11.8. The van der Waals surface area contributed by atoms with Gasteiger partial charge in [0, 0.05) is 12.8 Å². The number of primary amides is 1. The van der Waals surface area contributed by atoms with Gasteiger partial charge in [-0.2, -0.15) is 0 Å². The molecule has 0 aliphatic heterocycles. The van der Waals surface area contributed by atoms with Gasteiger partial charge in [0.05, 0.1) is 13.2 Å². The van der Waals surface area contributed by atoms with Crippen LogP contribution in [-0.2, 0) is 35.1 Å². The molecule has 0 aromatic heterocycles. The number of amides is 4. The van der Waals surface area contributed by atoms with Crippen LogP contribution in [0.1, 0.15) is 44.6 Å². The second-order valence-electron chi connectivity index (χ2n) is 8.21. The molecule has 0 aliphatic carbocycles. The van der Waals surface area contributed by atoms with Crippen LogP contribution in [0.15, 0.2) is 30.3 Å². The number of aliphatic hydroxyl groups is 1. The molecule has 0 saturated heterocycles. The fourth-order valence-electron chi connectivity index (χ4n) is 3.19. The number of nitrogens with two attached hydrogens (primary N) is 2. The van der Waals surface area contributed by atoms with Crippen molar-refractivity contribution in [1.29, 1.82) is 0 Å². The summed E-state index contributed by atoms with van der Waals surface area (Å²) < 4.78 is 5.18. The van der Waals surface area contributed by atoms with Gasteiger partial charge in [-0.15, -0.1) is 0 Å². The van der Waals surface area contributed by atoms with Crippen molar-refractivity contribution < 1.29 is 33.8 Å². The number of nitrogens with one attached hydrogen (secondary N) is 3. The first-order chi connectivity index (χ1) is 17.2. The first kappa shape index (κ1) is 30.5. The third-order valence-electron chi connectivity index (χ3n) is 5.24. The molecule has 12 nitrogen and oxygen atoms in total. The summed E-state index contributed by atoms with van der Waals surface area (Å²) in [5.74, 6) is -3.78. The fraction of sp³-hybridized carbons (Fsp3) is 0.542. The molecule has 0 radical (unpaired) electrons. The van der Waals surface area contributed by atoms with Crippen molar-refractivity contribution in [1.82, 2.24) is 16.0 Å². The highest BCUT2D eigenvalue weighted by molar-refractivity contribution is 5.94. The van der Waals surface area contributed by atoms with Crippen molar-refractivity contribution in [3.05, 3.63) is 35.9 Å². The standard InChI is InChI=1S/C24H37N5O7/c1-2-3-4-8-11-21(32)36-15-19(29-23(34)18(14-30)27-20(31)13-25)24(35)28-17(22(26)33)12-16-9-6-5-7-10-16/h5-7,9-10,17-19,30H,2-4,8,11-15,25H2,1H3,(H2,26,33)(H,27,31)(H,28,35)(H,29,34)/t17-,18-,19-/m0/s1. The highest BCUT2D eigenvalue weighted by Gasteiger charge is 2.30. The van der Waals surface area contributed by atoms with E-state index in [0.29, 0.717) is 6.42 Å². The molecule has 0 bridgehead atoms. The molecule has 8 N–H and O–H groups in total. The minimum absolute atomic E-state index is 0.103. The number of carbonyl (C=O) groups excluding carboxylic acids is 5. The number of hydrogen-bond donors (Lipinski definition) is 6. The van der Waals surface area contributed by atoms with Gasteiger partial charge in [-0.1, -0.05) is 56.5 Å². The van der Waals surface area contributed by atoms with E-state index in [1.54, 1.807) is 30.3 Å². The van der Waals surface area contributed by atoms with Crippen molar-refractivity contribution in [2.75, 3.05) is 19.8 Å². The van der Waals surface area contributed by atoms with E-state index >= 15 is 0 Å². The molecule has 0 unspecified atom stereocenters. The van der Waals surface area contributed by atoms with Crippen LogP contribution in [0.3, 0.4) is 0 Å². The van der Waals surface area contributed by atoms with E-state index in [2.05, 4.69) is 16.0 Å². The zero-order chi connectivity index (χ0) is 26.9. The van der Waals surface area contributed by atoms with Crippen molar-refractivity contribution in [3.8, 4) is 0 Å². The van der Waals surface area contributed by atoms with Crippen molar-refractivity contribution in [2.24, 2.45) is 11.5 Å². The van der Waals surface area contributed by atoms with E-state index in [1.807, 2.05) is 6.92 Å². The summed E-state index contributed by atoms with van der Waals surface area (Å²) in [6.07, 6.45) is 3.69. The van der Waals surface area contributed by atoms with Crippen LogP contribution in [0.2, 0.25) is 0 Å². The Kier molecular flexibility index (Phi) is 14.4. The van der Waals surface area contributed by atoms with Crippen LogP contribution in [0, 0.1) is 0 Å². The summed E-state index contributed by atoms with van der Waals surface area (Å²) in [5.41, 5.74) is 11.4. The molecule has 0 fully saturated rings. The number of rotatable bonds is 17. The van der Waals surface area contributed by atoms with E-state index in [4.69, 9.17) is 16.2 Å². The maximum atomic E-state index is 13.0. The van der Waals surface area contributed by atoms with Gasteiger partial charge in [-0.3, -0.25) is 24.0 Å². The molecule has 3 atom stereocenters. The number of unbranched alkanes of at least 4 members (excludes halogenated alkanes) is 3. The van der Waals surface area contributed by atoms with Gasteiger partial charge >= 0.3 is 5.97 Å². The normalized spacial score (nSPS) is 13.1. The van der Waals surface area contributed by atoms with Crippen LogP contribution in [0.25, 0.3) is 0 Å². The van der Waals surface area contributed by atoms with Gasteiger partial charge in [0.2, 0.25) is 23.6 Å². The highest BCUT2D eigenvalue weighted by atomic mass is 16.5. The Hall–Kier alpha value is -3.51. The second kappa shape index (κ2) is 17.0. The molecule has 0 aliphatic rings. The molecule has 0 heterocycles. The van der Waals surface area contributed by atoms with Gasteiger partial charge in [0.1, 0.15) is 24.7 Å². The number of carbonyl (C=O) groups is 5. The highest BCUT2D eigenvalue weighted by Crippen LogP contribution is 2.06. The largest absolute Gasteiger partial charge is 0.463 e. The number of aliphatic hydroxyl groups excluding tert-OH is 1. The predicted molar refractivity (Wildman–Crippen MR) is 131 cm³/mol. The molecule has 0 saturated carbocycles. The summed E-state index contributed by atoms with van der Waals surface area (Å²) >= 11 is 0. The quantitative estimate of drug-likeness (QED) is 0.109. The van der Waals surface area contributed by atoms with Gasteiger partial charge in [0.15, 0.2) is 0 Å². The first-order valence-corrected chi connectivity index (χ1v) is 11.9. The summed E-state index contributed by atoms with van der Waals surface area (Å²) in [7, 11) is 0. The number of esters is 1. The number of hydrogen-bond acceptors (Lipinski definition) is 8. The molecule has 0 spiro atoms. The molecule has 36 heavy (non-hydrogen) atoms. The minimum Gasteiger partial charge on any atom is -0.463 e. The summed E-state index contributed by atoms with van der Waals surface area (Å²) in [6, 6.07) is 4.93. The van der Waals surface area contributed by atoms with Crippen LogP contribution < -0.4 is 27.4 Å². The lowest BCUT2D eigenvalue weighted by Crippen LogP contribution is -2.59. The van der Waals surface area contributed by atoms with Crippen LogP contribution in [-0.4, -0.2) is 72.6 Å². The average Bonchev–Trinajstić information content (AvgIpc) is 2.87. The van der Waals surface area contributed by atoms with Crippen LogP contribution in [0.4, 0.5) is 0 Å². The minimum atomic E-state index is -1.42. The SMILES string of the molecule is CCCCCCC(=O)OC[C@H](NC(=O)[C@H](CO)NC(=O)CN)C(=O)N[C@@H](Cc1ccccc1)C(N)=O. The predicted octanol–water partition coefficient (Wildman–Crippen LogP) is -1.37. The lowest BCUT2D eigenvalue weighted by molar-refractivity contribution is -0.147. The van der Waals surface area contributed by atoms with Gasteiger partial charge in [0.25, 0.3) is 0 Å². The Morgan fingerprint density at radius 2 is 1.56 bits per heavy atom. The van der Waals surface area contributed by atoms with E-state index in [9.17, 15) is 29.1 Å². The van der Waals surface area contributed by atoms with Crippen molar-refractivity contribution in [2.45, 2.75) is 63.6 Å². The topological polar surface area (TPSA) is 203 Å². The van der Waals surface area contributed by atoms with Crippen molar-refractivity contribution in [3.63, 3.8) is 0 Å². The Balaban J connectivity index is 2.92. The first-order valence-electron chi connectivity index (χ1n) is 11.9. The smallest absolute Gasteiger partial charge is 0.305 e. The van der Waals surface area contributed by atoms with Crippen LogP contribution >= 0.6 is 0 Å². The van der Waals surface area contributed by atoms with Gasteiger partial charge in [-0.05, 0) is 12.0 Å². The van der Waals surface area contributed by atoms with E-state index < -0.39 is 67.5 Å². The molecule has 12 heteroatoms. The maximum absolute atomic E-state index is 13.0. The molecule has 1 aromatic rings. The summed E-state index contributed by atoms with van der Waals surface area (Å²) in [6.45, 7) is 0.338. The molecule has 4 amide bonds. The molecular weight excluding hydrogens is 470 g/mol. The Labute approximate surface area is 210 Å². The Bertz CT molecular complexity index is 866. The molecule has 200 valence electrons. The van der Waals surface area contributed by atoms with Gasteiger partial charge in [-0.25, -0.2) is 0 Å². The summed E-state index contributed by atoms with van der Waals surface area (Å²) in [4.78, 5) is 61.2. The maximum Gasteiger partial charge on any atom is 0.305 e. The third-order valence-corrected chi connectivity index (χ3v) is 5.24. The molecule has 1 rings (SSSR count). The second-order valence-corrected chi connectivity index (χ2v) is 8.21. The van der Waals surface area contributed by atoms with E-state index in [1.165, 1.54) is 0 Å². The molecule has 1 aromatic carbocycles. The van der Waals surface area contributed by atoms with Crippen molar-refractivity contribution >= 4 is 29.6 Å². The van der Waals surface area contributed by atoms with Gasteiger partial charge < -0.3 is 37.3 Å². The summed E-state index contributed by atoms with van der Waals surface area (Å²) in [5, 5.41) is 16.5. The number of benzene rings is 1. The lowest BCUT2D eigenvalue weighted by Gasteiger charge is -2.24. The average molecular weight is 508 g/mol. The fourth-order valence-corrected chi connectivity index (χ4v) is 3.19. The lowest BCUT2D eigenvalue weighted by atomic mass is 10.0. The van der Waals surface area contributed by atoms with Crippen LogP contribution in [0.5, 0.6) is 0 Å². The Morgan fingerprint density at radius 1 is 0.917 bits per heavy atom. The molecular formula is C24H37N5O7. The number of ether oxygens (including phenoxy) is 1. The van der Waals surface area contributed by atoms with E-state index in [0.717, 1.165) is 24.8 Å². The monoisotopic (exact) mass is 507 g/mol. The zero-order valence-corrected chi connectivity index (χ0v) is 20.5.